The Morgan fingerprint density at radius 2 is 2.21 bits per heavy atom. The highest BCUT2D eigenvalue weighted by molar-refractivity contribution is 7.17. The molecule has 0 bridgehead atoms. The van der Waals surface area contributed by atoms with E-state index in [0.29, 0.717) is 5.92 Å². The highest BCUT2D eigenvalue weighted by Gasteiger charge is 2.32. The molecule has 0 saturated heterocycles. The van der Waals surface area contributed by atoms with Gasteiger partial charge < -0.3 is 10.4 Å². The fraction of sp³-hybridized carbons (Fsp3) is 0.500. The Hall–Kier alpha value is -0.900. The van der Waals surface area contributed by atoms with E-state index in [0.717, 1.165) is 12.1 Å². The molecular formula is C16H21NOS. The van der Waals surface area contributed by atoms with Gasteiger partial charge in [0.05, 0.1) is 6.10 Å². The van der Waals surface area contributed by atoms with Crippen LogP contribution in [0.25, 0.3) is 10.1 Å². The second-order valence-electron chi connectivity index (χ2n) is 5.44. The van der Waals surface area contributed by atoms with Crippen molar-refractivity contribution in [3.05, 3.63) is 35.2 Å². The van der Waals surface area contributed by atoms with Crippen LogP contribution in [-0.2, 0) is 0 Å². The molecule has 0 amide bonds. The molecule has 1 saturated carbocycles. The lowest BCUT2D eigenvalue weighted by molar-refractivity contribution is 0.0704. The van der Waals surface area contributed by atoms with Crippen LogP contribution in [0.15, 0.2) is 29.6 Å². The van der Waals surface area contributed by atoms with Gasteiger partial charge in [0.1, 0.15) is 0 Å². The van der Waals surface area contributed by atoms with Crippen molar-refractivity contribution in [1.82, 2.24) is 5.32 Å². The van der Waals surface area contributed by atoms with E-state index in [1.807, 2.05) is 0 Å². The van der Waals surface area contributed by atoms with Crippen LogP contribution >= 0.6 is 11.3 Å². The Kier molecular flexibility index (Phi) is 3.87. The van der Waals surface area contributed by atoms with Gasteiger partial charge in [0.25, 0.3) is 0 Å². The van der Waals surface area contributed by atoms with Crippen LogP contribution in [0.1, 0.15) is 37.9 Å². The molecule has 2 unspecified atom stereocenters. The predicted molar refractivity (Wildman–Crippen MR) is 81.6 cm³/mol. The Morgan fingerprint density at radius 1 is 1.37 bits per heavy atom. The average molecular weight is 275 g/mol. The summed E-state index contributed by atoms with van der Waals surface area (Å²) in [6, 6.07) is 8.67. The largest absolute Gasteiger partial charge is 0.387 e. The van der Waals surface area contributed by atoms with Gasteiger partial charge in [-0.25, -0.2) is 0 Å². The topological polar surface area (TPSA) is 32.3 Å². The van der Waals surface area contributed by atoms with Crippen LogP contribution in [0.3, 0.4) is 0 Å². The zero-order chi connectivity index (χ0) is 13.2. The van der Waals surface area contributed by atoms with Crippen molar-refractivity contribution >= 4 is 21.4 Å². The Bertz CT molecular complexity index is 546. The second-order valence-corrected chi connectivity index (χ2v) is 6.38. The van der Waals surface area contributed by atoms with Gasteiger partial charge in [-0.05, 0) is 53.8 Å². The highest BCUT2D eigenvalue weighted by Crippen LogP contribution is 2.36. The summed E-state index contributed by atoms with van der Waals surface area (Å²) in [6.07, 6.45) is 3.41. The maximum absolute atomic E-state index is 10.7. The van der Waals surface area contributed by atoms with Gasteiger partial charge in [0, 0.05) is 10.7 Å². The normalized spacial score (nSPS) is 19.3. The van der Waals surface area contributed by atoms with Gasteiger partial charge in [-0.3, -0.25) is 0 Å². The molecule has 1 fully saturated rings. The van der Waals surface area contributed by atoms with Gasteiger partial charge in [0.15, 0.2) is 0 Å². The lowest BCUT2D eigenvalue weighted by Crippen LogP contribution is -2.43. The molecule has 2 atom stereocenters. The monoisotopic (exact) mass is 275 g/mol. The summed E-state index contributed by atoms with van der Waals surface area (Å²) in [5.41, 5.74) is 1.05. The number of fused-ring (bicyclic) bond motifs is 1. The van der Waals surface area contributed by atoms with Gasteiger partial charge in [-0.1, -0.05) is 25.5 Å². The number of hydrogen-bond donors (Lipinski definition) is 2. The molecule has 3 heteroatoms. The number of hydrogen-bond acceptors (Lipinski definition) is 3. The van der Waals surface area contributed by atoms with Gasteiger partial charge in [0.2, 0.25) is 0 Å². The molecular weight excluding hydrogens is 254 g/mol. The van der Waals surface area contributed by atoms with E-state index < -0.39 is 6.10 Å². The zero-order valence-corrected chi connectivity index (χ0v) is 12.1. The minimum absolute atomic E-state index is 0.205. The quantitative estimate of drug-likeness (QED) is 0.872. The van der Waals surface area contributed by atoms with Gasteiger partial charge in [-0.15, -0.1) is 11.3 Å². The summed E-state index contributed by atoms with van der Waals surface area (Å²) >= 11 is 1.74. The Balaban J connectivity index is 1.84. The van der Waals surface area contributed by atoms with E-state index in [9.17, 15) is 5.11 Å². The Labute approximate surface area is 118 Å². The third-order valence-electron chi connectivity index (χ3n) is 4.26. The first kappa shape index (κ1) is 13.1. The minimum atomic E-state index is -0.392. The lowest BCUT2D eigenvalue weighted by atomic mass is 9.76. The maximum atomic E-state index is 10.7. The first-order chi connectivity index (χ1) is 9.29. The summed E-state index contributed by atoms with van der Waals surface area (Å²) in [4.78, 5) is 0. The number of benzene rings is 1. The number of nitrogens with one attached hydrogen (secondary N) is 1. The van der Waals surface area contributed by atoms with E-state index in [4.69, 9.17) is 0 Å². The van der Waals surface area contributed by atoms with E-state index in [1.54, 1.807) is 11.3 Å². The van der Waals surface area contributed by atoms with Crippen LogP contribution in [0, 0.1) is 5.92 Å². The minimum Gasteiger partial charge on any atom is -0.387 e. The summed E-state index contributed by atoms with van der Waals surface area (Å²) < 4.78 is 1.26. The first-order valence-corrected chi connectivity index (χ1v) is 8.06. The van der Waals surface area contributed by atoms with Crippen LogP contribution in [0.4, 0.5) is 0 Å². The zero-order valence-electron chi connectivity index (χ0n) is 11.3. The molecule has 1 heterocycles. The second kappa shape index (κ2) is 5.61. The van der Waals surface area contributed by atoms with Gasteiger partial charge >= 0.3 is 0 Å². The molecule has 1 aliphatic carbocycles. The third kappa shape index (κ3) is 2.55. The number of aliphatic hydroxyl groups is 1. The summed E-state index contributed by atoms with van der Waals surface area (Å²) in [6.45, 7) is 3.03. The van der Waals surface area contributed by atoms with Crippen LogP contribution in [0.2, 0.25) is 0 Å². The van der Waals surface area contributed by atoms with Crippen LogP contribution in [0.5, 0.6) is 0 Å². The smallest absolute Gasteiger partial charge is 0.0946 e. The molecule has 2 nitrogen and oxygen atoms in total. The van der Waals surface area contributed by atoms with E-state index >= 15 is 0 Å². The highest BCUT2D eigenvalue weighted by atomic mass is 32.1. The molecule has 1 aromatic carbocycles. The van der Waals surface area contributed by atoms with Crippen molar-refractivity contribution in [2.45, 2.75) is 38.3 Å². The molecule has 19 heavy (non-hydrogen) atoms. The molecule has 3 rings (SSSR count). The lowest BCUT2D eigenvalue weighted by Gasteiger charge is -2.37. The van der Waals surface area contributed by atoms with E-state index in [-0.39, 0.29) is 6.04 Å². The Morgan fingerprint density at radius 3 is 2.89 bits per heavy atom. The average Bonchev–Trinajstić information content (AvgIpc) is 2.82. The predicted octanol–water partition coefficient (Wildman–Crippen LogP) is 3.71. The van der Waals surface area contributed by atoms with Crippen LogP contribution < -0.4 is 5.32 Å². The van der Waals surface area contributed by atoms with Crippen LogP contribution in [-0.4, -0.2) is 17.7 Å². The van der Waals surface area contributed by atoms with Crippen molar-refractivity contribution in [2.75, 3.05) is 6.54 Å². The van der Waals surface area contributed by atoms with Crippen molar-refractivity contribution in [1.29, 1.82) is 0 Å². The van der Waals surface area contributed by atoms with Crippen molar-refractivity contribution < 1.29 is 5.11 Å². The number of aliphatic hydroxyl groups excluding tert-OH is 1. The van der Waals surface area contributed by atoms with Crippen molar-refractivity contribution in [2.24, 2.45) is 5.92 Å². The number of likely N-dealkylation sites (N-methyl/N-ethyl adjacent to an activating group) is 1. The number of thiophene rings is 1. The van der Waals surface area contributed by atoms with Gasteiger partial charge in [-0.2, -0.15) is 0 Å². The van der Waals surface area contributed by atoms with E-state index in [1.165, 1.54) is 29.3 Å². The van der Waals surface area contributed by atoms with Crippen molar-refractivity contribution in [3.63, 3.8) is 0 Å². The molecule has 1 aromatic heterocycles. The summed E-state index contributed by atoms with van der Waals surface area (Å²) in [5.74, 6) is 0.633. The molecule has 0 aliphatic heterocycles. The van der Waals surface area contributed by atoms with Crippen molar-refractivity contribution in [3.8, 4) is 0 Å². The molecule has 102 valence electrons. The summed E-state index contributed by atoms with van der Waals surface area (Å²) in [5, 5.41) is 17.5. The molecule has 2 aromatic rings. The standard InChI is InChI=1S/C16H21NOS/c1-2-17-15(12-4-3-5-12)16(18)13-7-6-11-8-9-19-14(11)10-13/h6-10,12,15-18H,2-5H2,1H3. The maximum Gasteiger partial charge on any atom is 0.0946 e. The molecule has 1 aliphatic rings. The van der Waals surface area contributed by atoms with E-state index in [2.05, 4.69) is 41.9 Å². The SMILES string of the molecule is CCNC(C1CCC1)C(O)c1ccc2ccsc2c1. The fourth-order valence-corrected chi connectivity index (χ4v) is 3.77. The third-order valence-corrected chi connectivity index (χ3v) is 5.14. The molecule has 0 spiro atoms. The fourth-order valence-electron chi connectivity index (χ4n) is 2.93. The summed E-state index contributed by atoms with van der Waals surface area (Å²) in [7, 11) is 0. The first-order valence-electron chi connectivity index (χ1n) is 7.18. The molecule has 0 radical (unpaired) electrons. The molecule has 2 N–H and O–H groups in total. The number of rotatable bonds is 5.